The van der Waals surface area contributed by atoms with Gasteiger partial charge in [-0.25, -0.2) is 4.98 Å². The molecule has 0 aromatic carbocycles. The van der Waals surface area contributed by atoms with Crippen LogP contribution in [0.25, 0.3) is 0 Å². The molecule has 1 saturated heterocycles. The van der Waals surface area contributed by atoms with E-state index in [9.17, 15) is 4.79 Å². The van der Waals surface area contributed by atoms with E-state index in [2.05, 4.69) is 27.1 Å². The summed E-state index contributed by atoms with van der Waals surface area (Å²) in [6, 6.07) is 0. The quantitative estimate of drug-likeness (QED) is 0.812. The zero-order chi connectivity index (χ0) is 12.8. The summed E-state index contributed by atoms with van der Waals surface area (Å²) in [7, 11) is 0. The van der Waals surface area contributed by atoms with Crippen LogP contribution in [0.3, 0.4) is 0 Å². The van der Waals surface area contributed by atoms with Crippen LogP contribution in [-0.2, 0) is 11.2 Å². The van der Waals surface area contributed by atoms with Crippen LogP contribution >= 0.6 is 0 Å². The Bertz CT molecular complexity index is 363. The fraction of sp³-hybridized carbons (Fsp3) is 0.692. The molecule has 1 unspecified atom stereocenters. The Balaban J connectivity index is 1.70. The molecule has 5 nitrogen and oxygen atoms in total. The SMILES string of the molecule is CCN1CCCC(C(=O)NCCc2ncc[nH]2)C1. The van der Waals surface area contributed by atoms with Crippen molar-refractivity contribution in [2.24, 2.45) is 5.92 Å². The van der Waals surface area contributed by atoms with E-state index in [4.69, 9.17) is 0 Å². The number of aromatic amines is 1. The van der Waals surface area contributed by atoms with Gasteiger partial charge in [0.2, 0.25) is 5.91 Å². The molecule has 2 heterocycles. The second-order valence-corrected chi connectivity index (χ2v) is 4.81. The molecule has 1 aromatic heterocycles. The first-order chi connectivity index (χ1) is 8.79. The highest BCUT2D eigenvalue weighted by Crippen LogP contribution is 2.15. The number of aromatic nitrogens is 2. The van der Waals surface area contributed by atoms with Crippen LogP contribution in [0.2, 0.25) is 0 Å². The number of nitrogens with zero attached hydrogens (tertiary/aromatic N) is 2. The average Bonchev–Trinajstić information content (AvgIpc) is 2.92. The van der Waals surface area contributed by atoms with Crippen LogP contribution in [0, 0.1) is 5.92 Å². The zero-order valence-corrected chi connectivity index (χ0v) is 11.0. The average molecular weight is 250 g/mol. The molecule has 1 aliphatic heterocycles. The molecule has 1 amide bonds. The van der Waals surface area contributed by atoms with Gasteiger partial charge in [-0.2, -0.15) is 0 Å². The van der Waals surface area contributed by atoms with Gasteiger partial charge in [0, 0.05) is 31.9 Å². The minimum Gasteiger partial charge on any atom is -0.355 e. The number of nitrogens with one attached hydrogen (secondary N) is 2. The number of piperidine rings is 1. The number of amides is 1. The number of carbonyl (C=O) groups excluding carboxylic acids is 1. The van der Waals surface area contributed by atoms with Gasteiger partial charge in [0.1, 0.15) is 5.82 Å². The minimum absolute atomic E-state index is 0.162. The second-order valence-electron chi connectivity index (χ2n) is 4.81. The van der Waals surface area contributed by atoms with Gasteiger partial charge < -0.3 is 15.2 Å². The Morgan fingerprint density at radius 1 is 1.67 bits per heavy atom. The predicted octanol–water partition coefficient (Wildman–Crippen LogP) is 0.800. The highest BCUT2D eigenvalue weighted by atomic mass is 16.1. The molecule has 5 heteroatoms. The van der Waals surface area contributed by atoms with Crippen LogP contribution in [-0.4, -0.2) is 47.0 Å². The Kier molecular flexibility index (Phi) is 4.75. The van der Waals surface area contributed by atoms with Gasteiger partial charge in [-0.3, -0.25) is 4.79 Å². The van der Waals surface area contributed by atoms with Crippen molar-refractivity contribution in [2.45, 2.75) is 26.2 Å². The smallest absolute Gasteiger partial charge is 0.224 e. The van der Waals surface area contributed by atoms with E-state index in [1.54, 1.807) is 12.4 Å². The highest BCUT2D eigenvalue weighted by molar-refractivity contribution is 5.78. The fourth-order valence-corrected chi connectivity index (χ4v) is 2.44. The number of H-pyrrole nitrogens is 1. The Morgan fingerprint density at radius 2 is 2.56 bits per heavy atom. The first-order valence-corrected chi connectivity index (χ1v) is 6.78. The van der Waals surface area contributed by atoms with Crippen molar-refractivity contribution in [2.75, 3.05) is 26.2 Å². The molecule has 1 atom stereocenters. The van der Waals surface area contributed by atoms with Crippen molar-refractivity contribution in [1.29, 1.82) is 0 Å². The van der Waals surface area contributed by atoms with Crippen molar-refractivity contribution in [3.63, 3.8) is 0 Å². The topological polar surface area (TPSA) is 61.0 Å². The van der Waals surface area contributed by atoms with Gasteiger partial charge in [-0.05, 0) is 25.9 Å². The molecular weight excluding hydrogens is 228 g/mol. The maximum atomic E-state index is 12.0. The molecule has 0 saturated carbocycles. The summed E-state index contributed by atoms with van der Waals surface area (Å²) in [4.78, 5) is 21.5. The van der Waals surface area contributed by atoms with Crippen molar-refractivity contribution >= 4 is 5.91 Å². The Labute approximate surface area is 108 Å². The van der Waals surface area contributed by atoms with Gasteiger partial charge in [-0.15, -0.1) is 0 Å². The number of carbonyl (C=O) groups is 1. The van der Waals surface area contributed by atoms with Crippen LogP contribution in [0.5, 0.6) is 0 Å². The third-order valence-electron chi connectivity index (χ3n) is 3.54. The third kappa shape index (κ3) is 3.57. The maximum Gasteiger partial charge on any atom is 0.224 e. The van der Waals surface area contributed by atoms with E-state index >= 15 is 0 Å². The molecule has 1 fully saturated rings. The summed E-state index contributed by atoms with van der Waals surface area (Å²) in [6.07, 6.45) is 6.45. The molecule has 1 aliphatic rings. The summed E-state index contributed by atoms with van der Waals surface area (Å²) in [5.74, 6) is 1.28. The second kappa shape index (κ2) is 6.54. The summed E-state index contributed by atoms with van der Waals surface area (Å²) < 4.78 is 0. The lowest BCUT2D eigenvalue weighted by Crippen LogP contribution is -2.43. The third-order valence-corrected chi connectivity index (χ3v) is 3.54. The highest BCUT2D eigenvalue weighted by Gasteiger charge is 2.24. The predicted molar refractivity (Wildman–Crippen MR) is 70.1 cm³/mol. The lowest BCUT2D eigenvalue weighted by molar-refractivity contribution is -0.126. The van der Waals surface area contributed by atoms with E-state index in [-0.39, 0.29) is 11.8 Å². The molecule has 1 aromatic rings. The number of likely N-dealkylation sites (tertiary alicyclic amines) is 1. The van der Waals surface area contributed by atoms with Crippen molar-refractivity contribution in [3.8, 4) is 0 Å². The Morgan fingerprint density at radius 3 is 3.28 bits per heavy atom. The van der Waals surface area contributed by atoms with E-state index in [1.807, 2.05) is 0 Å². The van der Waals surface area contributed by atoms with Crippen molar-refractivity contribution in [3.05, 3.63) is 18.2 Å². The molecule has 0 bridgehead atoms. The number of rotatable bonds is 5. The van der Waals surface area contributed by atoms with Gasteiger partial charge in [0.05, 0.1) is 5.92 Å². The molecule has 100 valence electrons. The summed E-state index contributed by atoms with van der Waals surface area (Å²) >= 11 is 0. The minimum atomic E-state index is 0.162. The van der Waals surface area contributed by atoms with Crippen LogP contribution < -0.4 is 5.32 Å². The maximum absolute atomic E-state index is 12.0. The number of imidazole rings is 1. The van der Waals surface area contributed by atoms with Crippen LogP contribution in [0.1, 0.15) is 25.6 Å². The van der Waals surface area contributed by atoms with Crippen molar-refractivity contribution < 1.29 is 4.79 Å². The van der Waals surface area contributed by atoms with Gasteiger partial charge in [-0.1, -0.05) is 6.92 Å². The number of hydrogen-bond acceptors (Lipinski definition) is 3. The largest absolute Gasteiger partial charge is 0.355 e. The standard InChI is InChI=1S/C13H22N4O/c1-2-17-9-3-4-11(10-17)13(18)16-6-5-12-14-7-8-15-12/h7-8,11H,2-6,9-10H2,1H3,(H,14,15)(H,16,18). The zero-order valence-electron chi connectivity index (χ0n) is 11.0. The van der Waals surface area contributed by atoms with E-state index < -0.39 is 0 Å². The Hall–Kier alpha value is -1.36. The van der Waals surface area contributed by atoms with Gasteiger partial charge in [0.25, 0.3) is 0 Å². The molecule has 0 radical (unpaired) electrons. The van der Waals surface area contributed by atoms with Crippen LogP contribution in [0.15, 0.2) is 12.4 Å². The lowest BCUT2D eigenvalue weighted by Gasteiger charge is -2.30. The lowest BCUT2D eigenvalue weighted by atomic mass is 9.97. The fourth-order valence-electron chi connectivity index (χ4n) is 2.44. The molecule has 18 heavy (non-hydrogen) atoms. The first-order valence-electron chi connectivity index (χ1n) is 6.78. The normalized spacial score (nSPS) is 20.8. The first kappa shape index (κ1) is 13.1. The molecule has 2 rings (SSSR count). The monoisotopic (exact) mass is 250 g/mol. The molecule has 2 N–H and O–H groups in total. The summed E-state index contributed by atoms with van der Waals surface area (Å²) in [5.41, 5.74) is 0. The van der Waals surface area contributed by atoms with Gasteiger partial charge >= 0.3 is 0 Å². The van der Waals surface area contributed by atoms with Crippen LogP contribution in [0.4, 0.5) is 0 Å². The van der Waals surface area contributed by atoms with E-state index in [0.29, 0.717) is 6.54 Å². The molecule has 0 aliphatic carbocycles. The molecular formula is C13H22N4O. The summed E-state index contributed by atoms with van der Waals surface area (Å²) in [6.45, 7) is 5.89. The van der Waals surface area contributed by atoms with Crippen molar-refractivity contribution in [1.82, 2.24) is 20.2 Å². The van der Waals surface area contributed by atoms with E-state index in [0.717, 1.165) is 44.7 Å². The molecule has 0 spiro atoms. The van der Waals surface area contributed by atoms with E-state index in [1.165, 1.54) is 0 Å². The summed E-state index contributed by atoms with van der Waals surface area (Å²) in [5, 5.41) is 3.01. The number of hydrogen-bond donors (Lipinski definition) is 2. The van der Waals surface area contributed by atoms with Gasteiger partial charge in [0.15, 0.2) is 0 Å².